The summed E-state index contributed by atoms with van der Waals surface area (Å²) >= 11 is 2.01. The number of thioether (sulfide) groups is 1. The van der Waals surface area contributed by atoms with Gasteiger partial charge in [-0.1, -0.05) is 12.1 Å². The van der Waals surface area contributed by atoms with Crippen LogP contribution in [0.4, 0.5) is 13.2 Å². The van der Waals surface area contributed by atoms with E-state index < -0.39 is 11.7 Å². The monoisotopic (exact) mass is 314 g/mol. The van der Waals surface area contributed by atoms with E-state index in [0.29, 0.717) is 16.1 Å². The second kappa shape index (κ2) is 5.67. The largest absolute Gasteiger partial charge is 0.416 e. The summed E-state index contributed by atoms with van der Waals surface area (Å²) < 4.78 is 37.5. The number of ketones is 1. The lowest BCUT2D eigenvalue weighted by Gasteiger charge is -2.26. The lowest BCUT2D eigenvalue weighted by Crippen LogP contribution is -2.25. The molecule has 0 spiro atoms. The van der Waals surface area contributed by atoms with E-state index in [2.05, 4.69) is 0 Å². The molecule has 0 saturated carbocycles. The standard InChI is InChI=1S/C16H17F3OS/c17-16(18,19)12-3-1-10(2-4-12)7-15(20)11-8-13-5-6-14(9-11)21-13/h1-4,11,13-14H,5-9H2. The minimum atomic E-state index is -4.32. The highest BCUT2D eigenvalue weighted by molar-refractivity contribution is 8.00. The van der Waals surface area contributed by atoms with Crippen molar-refractivity contribution >= 4 is 17.5 Å². The van der Waals surface area contributed by atoms with Crippen LogP contribution in [0, 0.1) is 5.92 Å². The van der Waals surface area contributed by atoms with Crippen molar-refractivity contribution < 1.29 is 18.0 Å². The number of carbonyl (C=O) groups excluding carboxylic acids is 1. The zero-order valence-corrected chi connectivity index (χ0v) is 12.3. The van der Waals surface area contributed by atoms with Crippen LogP contribution >= 0.6 is 11.8 Å². The molecule has 2 bridgehead atoms. The molecule has 3 rings (SSSR count). The molecule has 5 heteroatoms. The van der Waals surface area contributed by atoms with E-state index in [1.54, 1.807) is 0 Å². The highest BCUT2D eigenvalue weighted by Gasteiger charge is 2.37. The van der Waals surface area contributed by atoms with E-state index in [1.807, 2.05) is 11.8 Å². The molecule has 0 aliphatic carbocycles. The van der Waals surface area contributed by atoms with Gasteiger partial charge in [0.15, 0.2) is 0 Å². The van der Waals surface area contributed by atoms with Crippen LogP contribution in [0.15, 0.2) is 24.3 Å². The van der Waals surface area contributed by atoms with Gasteiger partial charge in [0.05, 0.1) is 5.56 Å². The summed E-state index contributed by atoms with van der Waals surface area (Å²) in [4.78, 5) is 12.3. The van der Waals surface area contributed by atoms with Gasteiger partial charge in [-0.15, -0.1) is 0 Å². The molecule has 2 aliphatic rings. The zero-order chi connectivity index (χ0) is 15.0. The molecular formula is C16H17F3OS. The summed E-state index contributed by atoms with van der Waals surface area (Å²) in [5.74, 6) is 0.290. The van der Waals surface area contributed by atoms with Crippen molar-refractivity contribution in [1.82, 2.24) is 0 Å². The Kier molecular flexibility index (Phi) is 4.04. The summed E-state index contributed by atoms with van der Waals surface area (Å²) in [7, 11) is 0. The van der Waals surface area contributed by atoms with Crippen LogP contribution in [0.1, 0.15) is 36.8 Å². The van der Waals surface area contributed by atoms with Crippen molar-refractivity contribution in [2.45, 2.75) is 48.8 Å². The molecule has 114 valence electrons. The Morgan fingerprint density at radius 3 is 2.19 bits per heavy atom. The van der Waals surface area contributed by atoms with E-state index in [1.165, 1.54) is 25.0 Å². The number of hydrogen-bond donors (Lipinski definition) is 0. The predicted molar refractivity (Wildman–Crippen MR) is 77.3 cm³/mol. The first-order chi connectivity index (χ1) is 9.91. The number of alkyl halides is 3. The normalized spacial score (nSPS) is 28.6. The number of halogens is 3. The number of fused-ring (bicyclic) bond motifs is 2. The number of Topliss-reactive ketones (excluding diaryl/α,β-unsaturated/α-hetero) is 1. The number of carbonyl (C=O) groups is 1. The van der Waals surface area contributed by atoms with Gasteiger partial charge in [0.1, 0.15) is 5.78 Å². The van der Waals surface area contributed by atoms with E-state index in [9.17, 15) is 18.0 Å². The molecule has 2 atom stereocenters. The van der Waals surface area contributed by atoms with Crippen molar-refractivity contribution in [2.24, 2.45) is 5.92 Å². The molecule has 2 saturated heterocycles. The van der Waals surface area contributed by atoms with Crippen molar-refractivity contribution in [1.29, 1.82) is 0 Å². The van der Waals surface area contributed by atoms with Gasteiger partial charge in [0.2, 0.25) is 0 Å². The summed E-state index contributed by atoms with van der Waals surface area (Å²) in [6.07, 6.45) is 0.245. The molecular weight excluding hydrogens is 297 g/mol. The molecule has 1 aromatic rings. The Morgan fingerprint density at radius 1 is 1.10 bits per heavy atom. The van der Waals surface area contributed by atoms with Crippen molar-refractivity contribution in [3.8, 4) is 0 Å². The third-order valence-electron chi connectivity index (χ3n) is 4.41. The fourth-order valence-electron chi connectivity index (χ4n) is 3.28. The number of rotatable bonds is 3. The molecule has 2 heterocycles. The van der Waals surface area contributed by atoms with E-state index in [-0.39, 0.29) is 18.1 Å². The average Bonchev–Trinajstić information content (AvgIpc) is 2.77. The Labute approximate surface area is 126 Å². The van der Waals surface area contributed by atoms with Gasteiger partial charge in [-0.05, 0) is 43.4 Å². The molecule has 1 aromatic carbocycles. The Morgan fingerprint density at radius 2 is 1.67 bits per heavy atom. The van der Waals surface area contributed by atoms with Gasteiger partial charge in [-0.25, -0.2) is 0 Å². The van der Waals surface area contributed by atoms with Crippen LogP contribution in [-0.4, -0.2) is 16.3 Å². The van der Waals surface area contributed by atoms with Crippen LogP contribution in [0.2, 0.25) is 0 Å². The summed E-state index contributed by atoms with van der Waals surface area (Å²) in [6, 6.07) is 4.96. The third kappa shape index (κ3) is 3.44. The van der Waals surface area contributed by atoms with Crippen molar-refractivity contribution in [2.75, 3.05) is 0 Å². The summed E-state index contributed by atoms with van der Waals surface area (Å²) in [5, 5.41) is 1.23. The lowest BCUT2D eigenvalue weighted by molar-refractivity contribution is -0.137. The molecule has 2 unspecified atom stereocenters. The third-order valence-corrected chi connectivity index (χ3v) is 6.03. The Bertz CT molecular complexity index is 511. The highest BCUT2D eigenvalue weighted by atomic mass is 32.2. The number of benzene rings is 1. The lowest BCUT2D eigenvalue weighted by atomic mass is 9.90. The fraction of sp³-hybridized carbons (Fsp3) is 0.562. The quantitative estimate of drug-likeness (QED) is 0.817. The smallest absolute Gasteiger partial charge is 0.299 e. The maximum atomic E-state index is 12.5. The van der Waals surface area contributed by atoms with Gasteiger partial charge < -0.3 is 0 Å². The van der Waals surface area contributed by atoms with Crippen LogP contribution in [0.3, 0.4) is 0 Å². The van der Waals surface area contributed by atoms with E-state index in [0.717, 1.165) is 25.0 Å². The van der Waals surface area contributed by atoms with Crippen LogP contribution in [0.25, 0.3) is 0 Å². The molecule has 1 nitrogen and oxygen atoms in total. The number of hydrogen-bond acceptors (Lipinski definition) is 2. The van der Waals surface area contributed by atoms with Gasteiger partial charge in [-0.2, -0.15) is 24.9 Å². The van der Waals surface area contributed by atoms with Crippen molar-refractivity contribution in [3.05, 3.63) is 35.4 Å². The molecule has 21 heavy (non-hydrogen) atoms. The Balaban J connectivity index is 1.62. The van der Waals surface area contributed by atoms with E-state index >= 15 is 0 Å². The highest BCUT2D eigenvalue weighted by Crippen LogP contribution is 2.46. The second-order valence-corrected chi connectivity index (χ2v) is 7.57. The molecule has 2 fully saturated rings. The van der Waals surface area contributed by atoms with Gasteiger partial charge >= 0.3 is 6.18 Å². The first-order valence-corrected chi connectivity index (χ1v) is 8.20. The molecule has 0 N–H and O–H groups in total. The molecule has 0 radical (unpaired) electrons. The van der Waals surface area contributed by atoms with Gasteiger partial charge in [0.25, 0.3) is 0 Å². The minimum Gasteiger partial charge on any atom is -0.299 e. The van der Waals surface area contributed by atoms with Crippen LogP contribution < -0.4 is 0 Å². The average molecular weight is 314 g/mol. The summed E-state index contributed by atoms with van der Waals surface area (Å²) in [6.45, 7) is 0. The maximum absolute atomic E-state index is 12.5. The first-order valence-electron chi connectivity index (χ1n) is 7.26. The SMILES string of the molecule is O=C(Cc1ccc(C(F)(F)F)cc1)C1CC2CCC(C1)S2. The first kappa shape index (κ1) is 14.9. The molecule has 0 aromatic heterocycles. The zero-order valence-electron chi connectivity index (χ0n) is 11.5. The molecule has 0 amide bonds. The minimum absolute atomic E-state index is 0.103. The van der Waals surface area contributed by atoms with Gasteiger partial charge in [0, 0.05) is 22.8 Å². The topological polar surface area (TPSA) is 17.1 Å². The molecule has 2 aliphatic heterocycles. The van der Waals surface area contributed by atoms with E-state index in [4.69, 9.17) is 0 Å². The second-order valence-electron chi connectivity index (χ2n) is 5.96. The van der Waals surface area contributed by atoms with Crippen LogP contribution in [0.5, 0.6) is 0 Å². The fourth-order valence-corrected chi connectivity index (χ4v) is 5.05. The van der Waals surface area contributed by atoms with Crippen LogP contribution in [-0.2, 0) is 17.4 Å². The maximum Gasteiger partial charge on any atom is 0.416 e. The van der Waals surface area contributed by atoms with Crippen molar-refractivity contribution in [3.63, 3.8) is 0 Å². The van der Waals surface area contributed by atoms with Gasteiger partial charge in [-0.3, -0.25) is 4.79 Å². The summed E-state index contributed by atoms with van der Waals surface area (Å²) in [5.41, 5.74) is 0.0179. The Hall–Kier alpha value is -0.970. The predicted octanol–water partition coefficient (Wildman–Crippen LogP) is 4.49.